The highest BCUT2D eigenvalue weighted by atomic mass is 16.1. The second kappa shape index (κ2) is 6.79. The molecule has 0 bridgehead atoms. The molecule has 0 aliphatic rings. The minimum absolute atomic E-state index is 0.348. The zero-order valence-electron chi connectivity index (χ0n) is 8.94. The Hall–Kier alpha value is -0.330. The molecular formula is C9H18O. The Morgan fingerprint density at radius 2 is 1.90 bits per heavy atom. The van der Waals surface area contributed by atoms with Crippen LogP contribution in [-0.4, -0.2) is 5.78 Å². The van der Waals surface area contributed by atoms with Crippen molar-refractivity contribution in [1.82, 2.24) is 0 Å². The number of carbonyl (C=O) groups is 1. The standard InChI is InChI=1S/C9H18O/c1-3-4-5-6-7-8-9(2)10/h3-8H2,1-2H3/i8D2. The maximum absolute atomic E-state index is 10.8. The Morgan fingerprint density at radius 3 is 2.40 bits per heavy atom. The second-order valence-corrected chi connectivity index (χ2v) is 2.54. The van der Waals surface area contributed by atoms with Gasteiger partial charge in [0.05, 0.1) is 0 Å². The van der Waals surface area contributed by atoms with Crippen molar-refractivity contribution in [2.24, 2.45) is 0 Å². The Bertz CT molecular complexity index is 143. The normalized spacial score (nSPS) is 14.2. The lowest BCUT2D eigenvalue weighted by molar-refractivity contribution is -0.117. The Balaban J connectivity index is 3.54. The summed E-state index contributed by atoms with van der Waals surface area (Å²) in [6.45, 7) is 3.43. The fraction of sp³-hybridized carbons (Fsp3) is 0.889. The summed E-state index contributed by atoms with van der Waals surface area (Å²) in [6, 6.07) is 0. The van der Waals surface area contributed by atoms with E-state index in [0.29, 0.717) is 6.42 Å². The summed E-state index contributed by atoms with van der Waals surface area (Å²) in [5.41, 5.74) is 0. The number of hydrogen-bond acceptors (Lipinski definition) is 1. The maximum Gasteiger partial charge on any atom is 0.129 e. The van der Waals surface area contributed by atoms with Gasteiger partial charge in [0, 0.05) is 9.11 Å². The van der Waals surface area contributed by atoms with Crippen molar-refractivity contribution < 1.29 is 7.54 Å². The van der Waals surface area contributed by atoms with Crippen LogP contribution < -0.4 is 0 Å². The lowest BCUT2D eigenvalue weighted by Gasteiger charge is -1.95. The third kappa shape index (κ3) is 7.67. The summed E-state index contributed by atoms with van der Waals surface area (Å²) in [4.78, 5) is 10.8. The van der Waals surface area contributed by atoms with Gasteiger partial charge in [0.25, 0.3) is 0 Å². The van der Waals surface area contributed by atoms with E-state index >= 15 is 0 Å². The van der Waals surface area contributed by atoms with Gasteiger partial charge in [-0.3, -0.25) is 0 Å². The third-order valence-corrected chi connectivity index (χ3v) is 1.40. The summed E-state index contributed by atoms with van der Waals surface area (Å²) in [7, 11) is 0. The molecule has 0 aromatic rings. The van der Waals surface area contributed by atoms with Gasteiger partial charge in [0.15, 0.2) is 0 Å². The summed E-state index contributed by atoms with van der Waals surface area (Å²) in [5, 5.41) is 0. The maximum atomic E-state index is 10.8. The van der Waals surface area contributed by atoms with Gasteiger partial charge in [-0.2, -0.15) is 0 Å². The molecule has 1 nitrogen and oxygen atoms in total. The van der Waals surface area contributed by atoms with Crippen LogP contribution >= 0.6 is 0 Å². The van der Waals surface area contributed by atoms with Crippen molar-refractivity contribution in [2.45, 2.75) is 52.3 Å². The van der Waals surface area contributed by atoms with Crippen molar-refractivity contribution in [1.29, 1.82) is 0 Å². The van der Waals surface area contributed by atoms with Crippen LogP contribution in [0.25, 0.3) is 0 Å². The molecule has 0 saturated carbocycles. The molecule has 0 N–H and O–H groups in total. The molecule has 60 valence electrons. The second-order valence-electron chi connectivity index (χ2n) is 2.54. The van der Waals surface area contributed by atoms with E-state index in [9.17, 15) is 4.79 Å². The average molecular weight is 144 g/mol. The molecule has 0 fully saturated rings. The SMILES string of the molecule is [2H]C([2H])(CCCCCC)C(C)=O. The highest BCUT2D eigenvalue weighted by Crippen LogP contribution is 2.04. The van der Waals surface area contributed by atoms with Gasteiger partial charge >= 0.3 is 0 Å². The molecule has 0 radical (unpaired) electrons. The van der Waals surface area contributed by atoms with Gasteiger partial charge in [0.1, 0.15) is 5.78 Å². The van der Waals surface area contributed by atoms with E-state index in [0.717, 1.165) is 25.7 Å². The highest BCUT2D eigenvalue weighted by molar-refractivity contribution is 5.75. The molecule has 0 aliphatic heterocycles. The Kier molecular flexibility index (Phi) is 4.33. The quantitative estimate of drug-likeness (QED) is 0.524. The third-order valence-electron chi connectivity index (χ3n) is 1.40. The van der Waals surface area contributed by atoms with Gasteiger partial charge in [-0.05, 0) is 13.3 Å². The van der Waals surface area contributed by atoms with Gasteiger partial charge < -0.3 is 4.79 Å². The van der Waals surface area contributed by atoms with E-state index in [2.05, 4.69) is 6.92 Å². The van der Waals surface area contributed by atoms with Crippen molar-refractivity contribution in [2.75, 3.05) is 0 Å². The molecule has 0 atom stereocenters. The molecule has 10 heavy (non-hydrogen) atoms. The molecule has 0 rings (SSSR count). The molecule has 1 heteroatoms. The van der Waals surface area contributed by atoms with E-state index in [1.807, 2.05) is 0 Å². The average Bonchev–Trinajstić information content (AvgIpc) is 1.98. The van der Waals surface area contributed by atoms with E-state index < -0.39 is 6.37 Å². The number of unbranched alkanes of at least 4 members (excludes halogenated alkanes) is 3. The van der Waals surface area contributed by atoms with Crippen LogP contribution in [0.4, 0.5) is 0 Å². The lowest BCUT2D eigenvalue weighted by atomic mass is 10.1. The lowest BCUT2D eigenvalue weighted by Crippen LogP contribution is -1.88. The van der Waals surface area contributed by atoms with E-state index in [4.69, 9.17) is 2.74 Å². The van der Waals surface area contributed by atoms with E-state index in [1.165, 1.54) is 6.92 Å². The van der Waals surface area contributed by atoms with Crippen molar-refractivity contribution >= 4 is 5.78 Å². The van der Waals surface area contributed by atoms with E-state index in [1.54, 1.807) is 0 Å². The summed E-state index contributed by atoms with van der Waals surface area (Å²) in [6.07, 6.45) is 2.91. The van der Waals surface area contributed by atoms with Crippen LogP contribution in [0.3, 0.4) is 0 Å². The first-order valence-electron chi connectivity index (χ1n) is 5.01. The molecule has 0 spiro atoms. The van der Waals surface area contributed by atoms with E-state index in [-0.39, 0.29) is 5.78 Å². The smallest absolute Gasteiger partial charge is 0.129 e. The van der Waals surface area contributed by atoms with Gasteiger partial charge in [-0.1, -0.05) is 32.6 Å². The molecule has 0 heterocycles. The number of ketones is 1. The first-order chi connectivity index (χ1) is 5.50. The van der Waals surface area contributed by atoms with Crippen molar-refractivity contribution in [3.8, 4) is 0 Å². The topological polar surface area (TPSA) is 17.1 Å². The molecular weight excluding hydrogens is 124 g/mol. The minimum atomic E-state index is -1.59. The summed E-state index contributed by atoms with van der Waals surface area (Å²) < 4.78 is 14.7. The van der Waals surface area contributed by atoms with Crippen molar-refractivity contribution in [3.63, 3.8) is 0 Å². The van der Waals surface area contributed by atoms with Crippen LogP contribution in [0, 0.1) is 0 Å². The summed E-state index contributed by atoms with van der Waals surface area (Å²) >= 11 is 0. The molecule has 0 unspecified atom stereocenters. The molecule has 0 saturated heterocycles. The van der Waals surface area contributed by atoms with Crippen LogP contribution in [-0.2, 0) is 4.79 Å². The molecule has 0 aliphatic carbocycles. The Morgan fingerprint density at radius 1 is 1.30 bits per heavy atom. The van der Waals surface area contributed by atoms with Crippen LogP contribution in [0.2, 0.25) is 0 Å². The number of rotatable bonds is 6. The zero-order valence-corrected chi connectivity index (χ0v) is 6.94. The van der Waals surface area contributed by atoms with Crippen LogP contribution in [0.15, 0.2) is 0 Å². The fourth-order valence-corrected chi connectivity index (χ4v) is 0.816. The first-order valence-corrected chi connectivity index (χ1v) is 4.01. The van der Waals surface area contributed by atoms with Crippen LogP contribution in [0.1, 0.15) is 55.1 Å². The largest absolute Gasteiger partial charge is 0.300 e. The highest BCUT2D eigenvalue weighted by Gasteiger charge is 1.92. The van der Waals surface area contributed by atoms with Crippen LogP contribution in [0.5, 0.6) is 0 Å². The van der Waals surface area contributed by atoms with Gasteiger partial charge in [-0.25, -0.2) is 0 Å². The zero-order chi connectivity index (χ0) is 9.61. The Labute approximate surface area is 66.6 Å². The number of carbonyl (C=O) groups excluding carboxylic acids is 1. The fourth-order valence-electron chi connectivity index (χ4n) is 0.816. The summed E-state index contributed by atoms with van der Waals surface area (Å²) in [5.74, 6) is -0.348. The molecule has 0 amide bonds. The predicted molar refractivity (Wildman–Crippen MR) is 44.1 cm³/mol. The minimum Gasteiger partial charge on any atom is -0.300 e. The monoisotopic (exact) mass is 144 g/mol. The van der Waals surface area contributed by atoms with Crippen molar-refractivity contribution in [3.05, 3.63) is 0 Å². The number of Topliss-reactive ketones (excluding diaryl/α,β-unsaturated/α-hetero) is 1. The first kappa shape index (κ1) is 6.38. The number of hydrogen-bond donors (Lipinski definition) is 0. The van der Waals surface area contributed by atoms with Gasteiger partial charge in [0.2, 0.25) is 0 Å². The molecule has 0 aromatic heterocycles. The molecule has 0 aromatic carbocycles. The predicted octanol–water partition coefficient (Wildman–Crippen LogP) is 2.94. The van der Waals surface area contributed by atoms with Gasteiger partial charge in [-0.15, -0.1) is 0 Å².